The van der Waals surface area contributed by atoms with Crippen molar-refractivity contribution >= 4 is 29.3 Å². The van der Waals surface area contributed by atoms with Crippen molar-refractivity contribution < 1.29 is 9.59 Å². The van der Waals surface area contributed by atoms with Gasteiger partial charge in [0, 0.05) is 50.4 Å². The van der Waals surface area contributed by atoms with E-state index in [1.165, 1.54) is 0 Å². The Kier molecular flexibility index (Phi) is 9.28. The van der Waals surface area contributed by atoms with E-state index in [2.05, 4.69) is 31.5 Å². The van der Waals surface area contributed by atoms with Crippen LogP contribution < -0.4 is 10.6 Å². The lowest BCUT2D eigenvalue weighted by Gasteiger charge is -2.33. The molecule has 0 unspecified atom stereocenters. The fourth-order valence-corrected chi connectivity index (χ4v) is 4.70. The number of benzene rings is 2. The molecule has 8 heteroatoms. The third-order valence-corrected chi connectivity index (χ3v) is 6.78. The Balaban J connectivity index is 1.15. The van der Waals surface area contributed by atoms with Gasteiger partial charge < -0.3 is 10.6 Å². The van der Waals surface area contributed by atoms with E-state index >= 15 is 0 Å². The Morgan fingerprint density at radius 1 is 0.800 bits per heavy atom. The second kappa shape index (κ2) is 13.0. The molecule has 1 aliphatic rings. The van der Waals surface area contributed by atoms with Crippen LogP contribution in [0, 0.1) is 0 Å². The monoisotopic (exact) mass is 489 g/mol. The van der Waals surface area contributed by atoms with E-state index in [-0.39, 0.29) is 11.8 Å². The smallest absolute Gasteiger partial charge is 0.238 e. The van der Waals surface area contributed by atoms with E-state index in [0.29, 0.717) is 19.6 Å². The van der Waals surface area contributed by atoms with Gasteiger partial charge in [-0.15, -0.1) is 11.8 Å². The molecule has 0 spiro atoms. The molecular formula is C27H31N5O2S. The van der Waals surface area contributed by atoms with Gasteiger partial charge in [-0.25, -0.2) is 4.98 Å². The summed E-state index contributed by atoms with van der Waals surface area (Å²) in [4.78, 5) is 33.5. The Morgan fingerprint density at radius 3 is 2.20 bits per heavy atom. The number of nitrogens with one attached hydrogen (secondary N) is 2. The third kappa shape index (κ3) is 8.51. The molecule has 1 aromatic heterocycles. The molecule has 35 heavy (non-hydrogen) atoms. The van der Waals surface area contributed by atoms with E-state index < -0.39 is 0 Å². The first-order valence-corrected chi connectivity index (χ1v) is 12.8. The lowest BCUT2D eigenvalue weighted by molar-refractivity contribution is -0.123. The van der Waals surface area contributed by atoms with Gasteiger partial charge in [-0.1, -0.05) is 48.5 Å². The molecular weight excluding hydrogens is 458 g/mol. The van der Waals surface area contributed by atoms with Crippen molar-refractivity contribution in [3.05, 3.63) is 90.1 Å². The standard InChI is InChI=1S/C27H31N5O2S/c33-25(29-18-22-7-2-1-3-8-22)19-31-13-15-32(16-14-31)20-26(34)30-24-10-6-9-23(17-24)21-35-27-11-4-5-12-28-27/h1-12,17H,13-16,18-21H2,(H,29,33)(H,30,34). The van der Waals surface area contributed by atoms with Crippen LogP contribution in [0.1, 0.15) is 11.1 Å². The molecule has 3 aromatic rings. The number of aromatic nitrogens is 1. The second-order valence-electron chi connectivity index (χ2n) is 8.52. The Labute approximate surface area is 210 Å². The zero-order valence-corrected chi connectivity index (χ0v) is 20.5. The number of piperazine rings is 1. The summed E-state index contributed by atoms with van der Waals surface area (Å²) in [5.74, 6) is 0.802. The highest BCUT2D eigenvalue weighted by atomic mass is 32.2. The molecule has 0 atom stereocenters. The summed E-state index contributed by atoms with van der Waals surface area (Å²) in [5.41, 5.74) is 3.04. The van der Waals surface area contributed by atoms with Gasteiger partial charge in [0.1, 0.15) is 0 Å². The van der Waals surface area contributed by atoms with Crippen molar-refractivity contribution in [2.45, 2.75) is 17.3 Å². The number of anilines is 1. The Morgan fingerprint density at radius 2 is 1.49 bits per heavy atom. The van der Waals surface area contributed by atoms with Crippen LogP contribution in [0.4, 0.5) is 5.69 Å². The molecule has 7 nitrogen and oxygen atoms in total. The fraction of sp³-hybridized carbons (Fsp3) is 0.296. The molecule has 4 rings (SSSR count). The molecule has 2 heterocycles. The number of amides is 2. The number of thioether (sulfide) groups is 1. The lowest BCUT2D eigenvalue weighted by Crippen LogP contribution is -2.50. The van der Waals surface area contributed by atoms with Crippen molar-refractivity contribution in [3.63, 3.8) is 0 Å². The van der Waals surface area contributed by atoms with E-state index in [1.54, 1.807) is 18.0 Å². The van der Waals surface area contributed by atoms with E-state index in [9.17, 15) is 9.59 Å². The predicted octanol–water partition coefficient (Wildman–Crippen LogP) is 3.25. The summed E-state index contributed by atoms with van der Waals surface area (Å²) < 4.78 is 0. The van der Waals surface area contributed by atoms with Crippen LogP contribution in [0.25, 0.3) is 0 Å². The van der Waals surface area contributed by atoms with Crippen LogP contribution in [0.3, 0.4) is 0 Å². The number of nitrogens with zero attached hydrogens (tertiary/aromatic N) is 3. The highest BCUT2D eigenvalue weighted by molar-refractivity contribution is 7.98. The molecule has 1 saturated heterocycles. The summed E-state index contributed by atoms with van der Waals surface area (Å²) in [6.07, 6.45) is 1.79. The van der Waals surface area contributed by atoms with Gasteiger partial charge in [-0.05, 0) is 35.4 Å². The number of pyridine rings is 1. The number of carbonyl (C=O) groups is 2. The highest BCUT2D eigenvalue weighted by Gasteiger charge is 2.20. The maximum absolute atomic E-state index is 12.6. The normalized spacial score (nSPS) is 14.4. The minimum Gasteiger partial charge on any atom is -0.351 e. The topological polar surface area (TPSA) is 77.6 Å². The molecule has 1 fully saturated rings. The van der Waals surface area contributed by atoms with Crippen LogP contribution in [0.5, 0.6) is 0 Å². The largest absolute Gasteiger partial charge is 0.351 e. The van der Waals surface area contributed by atoms with Gasteiger partial charge in [0.05, 0.1) is 18.1 Å². The van der Waals surface area contributed by atoms with Crippen LogP contribution in [-0.4, -0.2) is 65.9 Å². The summed E-state index contributed by atoms with van der Waals surface area (Å²) in [6.45, 7) is 4.35. The predicted molar refractivity (Wildman–Crippen MR) is 140 cm³/mol. The van der Waals surface area contributed by atoms with Crippen molar-refractivity contribution in [1.29, 1.82) is 0 Å². The van der Waals surface area contributed by atoms with Gasteiger partial charge in [0.2, 0.25) is 11.8 Å². The second-order valence-corrected chi connectivity index (χ2v) is 9.52. The average molecular weight is 490 g/mol. The zero-order chi connectivity index (χ0) is 24.3. The number of rotatable bonds is 10. The summed E-state index contributed by atoms with van der Waals surface area (Å²) >= 11 is 1.67. The molecule has 2 aromatic carbocycles. The van der Waals surface area contributed by atoms with Gasteiger partial charge in [-0.3, -0.25) is 19.4 Å². The average Bonchev–Trinajstić information content (AvgIpc) is 2.89. The maximum Gasteiger partial charge on any atom is 0.238 e. The third-order valence-electron chi connectivity index (χ3n) is 5.77. The SMILES string of the molecule is O=C(CN1CCN(CC(=O)Nc2cccc(CSc3ccccn3)c2)CC1)NCc1ccccc1. The number of hydrogen-bond acceptors (Lipinski definition) is 6. The van der Waals surface area contributed by atoms with E-state index in [0.717, 1.165) is 53.8 Å². The lowest BCUT2D eigenvalue weighted by atomic mass is 10.2. The fourth-order valence-electron chi connectivity index (χ4n) is 3.89. The van der Waals surface area contributed by atoms with E-state index in [4.69, 9.17) is 0 Å². The minimum absolute atomic E-state index is 0.0198. The quantitative estimate of drug-likeness (QED) is 0.426. The molecule has 0 radical (unpaired) electrons. The summed E-state index contributed by atoms with van der Waals surface area (Å²) in [5, 5.41) is 6.98. The molecule has 0 bridgehead atoms. The van der Waals surface area contributed by atoms with Gasteiger partial charge in [0.25, 0.3) is 0 Å². The molecule has 0 saturated carbocycles. The Bertz CT molecular complexity index is 1090. The number of hydrogen-bond donors (Lipinski definition) is 2. The Hall–Kier alpha value is -3.20. The van der Waals surface area contributed by atoms with Crippen molar-refractivity contribution in [2.75, 3.05) is 44.6 Å². The van der Waals surface area contributed by atoms with Crippen molar-refractivity contribution in [2.24, 2.45) is 0 Å². The maximum atomic E-state index is 12.6. The van der Waals surface area contributed by atoms with E-state index in [1.807, 2.05) is 66.7 Å². The van der Waals surface area contributed by atoms with Crippen LogP contribution in [-0.2, 0) is 21.9 Å². The van der Waals surface area contributed by atoms with Gasteiger partial charge in [-0.2, -0.15) is 0 Å². The molecule has 0 aliphatic carbocycles. The van der Waals surface area contributed by atoms with Crippen LogP contribution in [0.2, 0.25) is 0 Å². The zero-order valence-electron chi connectivity index (χ0n) is 19.7. The van der Waals surface area contributed by atoms with Gasteiger partial charge in [0.15, 0.2) is 0 Å². The first-order valence-electron chi connectivity index (χ1n) is 11.8. The van der Waals surface area contributed by atoms with Crippen molar-refractivity contribution in [1.82, 2.24) is 20.1 Å². The van der Waals surface area contributed by atoms with Gasteiger partial charge >= 0.3 is 0 Å². The first-order chi connectivity index (χ1) is 17.1. The highest BCUT2D eigenvalue weighted by Crippen LogP contribution is 2.22. The molecule has 2 amide bonds. The summed E-state index contributed by atoms with van der Waals surface area (Å²) in [6, 6.07) is 23.7. The summed E-state index contributed by atoms with van der Waals surface area (Å²) in [7, 11) is 0. The minimum atomic E-state index is -0.0198. The molecule has 1 aliphatic heterocycles. The van der Waals surface area contributed by atoms with Crippen LogP contribution >= 0.6 is 11.8 Å². The molecule has 182 valence electrons. The molecule has 2 N–H and O–H groups in total. The van der Waals surface area contributed by atoms with Crippen molar-refractivity contribution in [3.8, 4) is 0 Å². The number of carbonyl (C=O) groups excluding carboxylic acids is 2. The van der Waals surface area contributed by atoms with Crippen LogP contribution in [0.15, 0.2) is 84.0 Å². The first kappa shape index (κ1) is 24.9.